The number of carbonyl (C=O) groups is 1. The van der Waals surface area contributed by atoms with Crippen LogP contribution in [0.15, 0.2) is 48.5 Å². The first-order valence-corrected chi connectivity index (χ1v) is 9.75. The summed E-state index contributed by atoms with van der Waals surface area (Å²) in [7, 11) is 3.81. The van der Waals surface area contributed by atoms with Crippen molar-refractivity contribution < 1.29 is 13.9 Å². The highest BCUT2D eigenvalue weighted by Crippen LogP contribution is 2.29. The molecule has 0 heterocycles. The molecule has 2 aromatic rings. The number of anilines is 1. The van der Waals surface area contributed by atoms with E-state index in [1.54, 1.807) is 6.07 Å². The monoisotopic (exact) mass is 385 g/mol. The van der Waals surface area contributed by atoms with Crippen LogP contribution in [0.4, 0.5) is 14.9 Å². The van der Waals surface area contributed by atoms with Crippen LogP contribution in [0.25, 0.3) is 0 Å². The molecule has 2 aromatic carbocycles. The van der Waals surface area contributed by atoms with Gasteiger partial charge in [-0.25, -0.2) is 9.18 Å². The quantitative estimate of drug-likeness (QED) is 0.734. The highest BCUT2D eigenvalue weighted by molar-refractivity contribution is 5.90. The number of rotatable bonds is 7. The smallest absolute Gasteiger partial charge is 0.319 e. The average molecular weight is 385 g/mol. The van der Waals surface area contributed by atoms with Gasteiger partial charge in [-0.1, -0.05) is 24.3 Å². The summed E-state index contributed by atoms with van der Waals surface area (Å²) in [4.78, 5) is 14.4. The van der Waals surface area contributed by atoms with Crippen LogP contribution in [-0.2, 0) is 0 Å². The van der Waals surface area contributed by atoms with Crippen LogP contribution < -0.4 is 15.4 Å². The highest BCUT2D eigenvalue weighted by atomic mass is 19.1. The van der Waals surface area contributed by atoms with E-state index in [1.165, 1.54) is 25.0 Å². The van der Waals surface area contributed by atoms with Crippen molar-refractivity contribution in [2.75, 3.05) is 26.0 Å². The summed E-state index contributed by atoms with van der Waals surface area (Å²) >= 11 is 0. The predicted molar refractivity (Wildman–Crippen MR) is 109 cm³/mol. The van der Waals surface area contributed by atoms with Crippen molar-refractivity contribution in [1.29, 1.82) is 0 Å². The van der Waals surface area contributed by atoms with Crippen LogP contribution in [-0.4, -0.2) is 37.7 Å². The van der Waals surface area contributed by atoms with E-state index in [0.29, 0.717) is 18.0 Å². The van der Waals surface area contributed by atoms with E-state index in [-0.39, 0.29) is 24.0 Å². The minimum atomic E-state index is -0.314. The summed E-state index contributed by atoms with van der Waals surface area (Å²) in [5, 5.41) is 5.76. The molecule has 0 radical (unpaired) electrons. The molecule has 28 heavy (non-hydrogen) atoms. The van der Waals surface area contributed by atoms with E-state index in [1.807, 2.05) is 49.3 Å². The van der Waals surface area contributed by atoms with Crippen molar-refractivity contribution in [3.05, 3.63) is 59.9 Å². The van der Waals surface area contributed by atoms with Crippen LogP contribution in [0.5, 0.6) is 5.75 Å². The molecule has 1 unspecified atom stereocenters. The Kier molecular flexibility index (Phi) is 6.87. The number of nitrogens with one attached hydrogen (secondary N) is 2. The fourth-order valence-electron chi connectivity index (χ4n) is 3.53. The molecule has 1 aliphatic rings. The number of hydrogen-bond acceptors (Lipinski definition) is 3. The molecule has 0 saturated heterocycles. The molecule has 1 atom stereocenters. The van der Waals surface area contributed by atoms with E-state index in [0.717, 1.165) is 18.4 Å². The summed E-state index contributed by atoms with van der Waals surface area (Å²) in [6.07, 6.45) is 4.70. The van der Waals surface area contributed by atoms with Gasteiger partial charge in [0.25, 0.3) is 0 Å². The van der Waals surface area contributed by atoms with Gasteiger partial charge in [0.15, 0.2) is 0 Å². The fraction of sp³-hybridized carbons (Fsp3) is 0.409. The zero-order valence-corrected chi connectivity index (χ0v) is 16.5. The second-order valence-electron chi connectivity index (χ2n) is 7.39. The van der Waals surface area contributed by atoms with Crippen molar-refractivity contribution in [2.45, 2.75) is 37.8 Å². The summed E-state index contributed by atoms with van der Waals surface area (Å²) < 4.78 is 19.6. The lowest BCUT2D eigenvalue weighted by molar-refractivity contribution is 0.211. The Hall–Kier alpha value is -2.60. The summed E-state index contributed by atoms with van der Waals surface area (Å²) in [5.74, 6) is 0.408. The highest BCUT2D eigenvalue weighted by Gasteiger charge is 2.19. The number of ether oxygens (including phenoxy) is 1. The Morgan fingerprint density at radius 2 is 1.93 bits per heavy atom. The topological polar surface area (TPSA) is 53.6 Å². The Bertz CT molecular complexity index is 791. The number of benzene rings is 2. The van der Waals surface area contributed by atoms with Gasteiger partial charge in [-0.05, 0) is 69.6 Å². The van der Waals surface area contributed by atoms with Crippen LogP contribution in [0.2, 0.25) is 0 Å². The van der Waals surface area contributed by atoms with Gasteiger partial charge in [0.05, 0.1) is 17.8 Å². The lowest BCUT2D eigenvalue weighted by Gasteiger charge is -2.25. The number of nitrogens with zero attached hydrogens (tertiary/aromatic N) is 1. The number of urea groups is 1. The second kappa shape index (κ2) is 9.55. The Labute approximate surface area is 165 Å². The normalized spacial score (nSPS) is 15.4. The van der Waals surface area contributed by atoms with Crippen LogP contribution in [0.1, 0.15) is 37.3 Å². The second-order valence-corrected chi connectivity index (χ2v) is 7.39. The molecular weight excluding hydrogens is 357 g/mol. The van der Waals surface area contributed by atoms with Gasteiger partial charge in [0, 0.05) is 6.54 Å². The maximum Gasteiger partial charge on any atom is 0.319 e. The largest absolute Gasteiger partial charge is 0.488 e. The summed E-state index contributed by atoms with van der Waals surface area (Å²) in [6, 6.07) is 13.5. The molecule has 1 saturated carbocycles. The van der Waals surface area contributed by atoms with Gasteiger partial charge < -0.3 is 20.3 Å². The third-order valence-electron chi connectivity index (χ3n) is 5.04. The molecule has 0 bridgehead atoms. The molecule has 2 amide bonds. The third-order valence-corrected chi connectivity index (χ3v) is 5.04. The Balaban J connectivity index is 1.60. The molecule has 1 fully saturated rings. The van der Waals surface area contributed by atoms with E-state index < -0.39 is 0 Å². The van der Waals surface area contributed by atoms with Gasteiger partial charge in [-0.2, -0.15) is 0 Å². The number of amides is 2. The zero-order valence-electron chi connectivity index (χ0n) is 16.5. The first-order valence-electron chi connectivity index (χ1n) is 9.75. The molecular formula is C22H28FN3O2. The average Bonchev–Trinajstić information content (AvgIpc) is 3.16. The Morgan fingerprint density at radius 1 is 1.18 bits per heavy atom. The van der Waals surface area contributed by atoms with Crippen molar-refractivity contribution in [3.63, 3.8) is 0 Å². The van der Waals surface area contributed by atoms with Gasteiger partial charge in [0.1, 0.15) is 11.6 Å². The molecule has 150 valence electrons. The predicted octanol–water partition coefficient (Wildman–Crippen LogP) is 4.57. The van der Waals surface area contributed by atoms with Gasteiger partial charge in [-0.15, -0.1) is 0 Å². The number of hydrogen-bond donors (Lipinski definition) is 2. The zero-order chi connectivity index (χ0) is 19.9. The van der Waals surface area contributed by atoms with E-state index in [9.17, 15) is 9.18 Å². The molecule has 2 N–H and O–H groups in total. The third kappa shape index (κ3) is 5.45. The lowest BCUT2D eigenvalue weighted by atomic mass is 10.1. The molecule has 0 aromatic heterocycles. The standard InChI is InChI=1S/C22H28FN3O2/c1-26(2)20(16-8-7-9-17(23)14-16)15-24-22(27)25-19-12-5-6-13-21(19)28-18-10-3-4-11-18/h5-9,12-14,18,20H,3-4,10-11,15H2,1-2H3,(H2,24,25,27). The fourth-order valence-corrected chi connectivity index (χ4v) is 3.53. The molecule has 5 nitrogen and oxygen atoms in total. The first kappa shape index (κ1) is 20.1. The van der Waals surface area contributed by atoms with Crippen LogP contribution in [0, 0.1) is 5.82 Å². The summed E-state index contributed by atoms with van der Waals surface area (Å²) in [5.41, 5.74) is 1.47. The van der Waals surface area contributed by atoms with Crippen molar-refractivity contribution >= 4 is 11.7 Å². The van der Waals surface area contributed by atoms with Crippen molar-refractivity contribution in [2.24, 2.45) is 0 Å². The minimum Gasteiger partial charge on any atom is -0.488 e. The molecule has 1 aliphatic carbocycles. The number of likely N-dealkylation sites (N-methyl/N-ethyl adjacent to an activating group) is 1. The molecule has 3 rings (SSSR count). The van der Waals surface area contributed by atoms with E-state index >= 15 is 0 Å². The lowest BCUT2D eigenvalue weighted by Crippen LogP contribution is -2.37. The first-order chi connectivity index (χ1) is 13.5. The van der Waals surface area contributed by atoms with E-state index in [2.05, 4.69) is 10.6 Å². The van der Waals surface area contributed by atoms with Crippen molar-refractivity contribution in [3.8, 4) is 5.75 Å². The number of halogens is 1. The molecule has 0 aliphatic heterocycles. The number of carbonyl (C=O) groups excluding carboxylic acids is 1. The minimum absolute atomic E-state index is 0.133. The molecule has 6 heteroatoms. The maximum atomic E-state index is 13.6. The number of para-hydroxylation sites is 2. The maximum absolute atomic E-state index is 13.6. The SMILES string of the molecule is CN(C)C(CNC(=O)Nc1ccccc1OC1CCCC1)c1cccc(F)c1. The molecule has 0 spiro atoms. The van der Waals surface area contributed by atoms with E-state index in [4.69, 9.17) is 4.74 Å². The van der Waals surface area contributed by atoms with Crippen LogP contribution >= 0.6 is 0 Å². The van der Waals surface area contributed by atoms with Gasteiger partial charge >= 0.3 is 6.03 Å². The Morgan fingerprint density at radius 3 is 2.64 bits per heavy atom. The van der Waals surface area contributed by atoms with Crippen LogP contribution in [0.3, 0.4) is 0 Å². The van der Waals surface area contributed by atoms with Gasteiger partial charge in [0.2, 0.25) is 0 Å². The van der Waals surface area contributed by atoms with Crippen molar-refractivity contribution in [1.82, 2.24) is 10.2 Å². The van der Waals surface area contributed by atoms with Gasteiger partial charge in [-0.3, -0.25) is 0 Å². The summed E-state index contributed by atoms with van der Waals surface area (Å²) in [6.45, 7) is 0.355.